The van der Waals surface area contributed by atoms with Crippen molar-refractivity contribution in [2.75, 3.05) is 6.61 Å². The molecule has 1 rings (SSSR count). The third-order valence-corrected chi connectivity index (χ3v) is 2.65. The fourth-order valence-corrected chi connectivity index (χ4v) is 1.71. The summed E-state index contributed by atoms with van der Waals surface area (Å²) < 4.78 is 11.1. The first-order valence-electron chi connectivity index (χ1n) is 5.67. The Hall–Kier alpha value is -0.340. The van der Waals surface area contributed by atoms with E-state index in [1.54, 1.807) is 6.08 Å². The molecule has 0 aromatic carbocycles. The van der Waals surface area contributed by atoms with Crippen molar-refractivity contribution in [1.29, 1.82) is 0 Å². The molecule has 82 valence electrons. The van der Waals surface area contributed by atoms with Gasteiger partial charge in [-0.15, -0.1) is 6.58 Å². The van der Waals surface area contributed by atoms with Crippen LogP contribution in [0.3, 0.4) is 0 Å². The molecule has 0 radical (unpaired) electrons. The van der Waals surface area contributed by atoms with E-state index in [-0.39, 0.29) is 6.10 Å². The number of epoxide rings is 1. The van der Waals surface area contributed by atoms with E-state index in [1.165, 1.54) is 25.7 Å². The summed E-state index contributed by atoms with van der Waals surface area (Å²) in [4.78, 5) is 0. The monoisotopic (exact) mass is 198 g/mol. The number of rotatable bonds is 8. The van der Waals surface area contributed by atoms with E-state index in [1.807, 2.05) is 0 Å². The second kappa shape index (κ2) is 6.20. The topological polar surface area (TPSA) is 21.8 Å². The van der Waals surface area contributed by atoms with Gasteiger partial charge in [-0.1, -0.05) is 32.3 Å². The van der Waals surface area contributed by atoms with Crippen LogP contribution in [0.2, 0.25) is 0 Å². The van der Waals surface area contributed by atoms with Gasteiger partial charge in [-0.3, -0.25) is 0 Å². The van der Waals surface area contributed by atoms with Gasteiger partial charge in [-0.25, -0.2) is 0 Å². The van der Waals surface area contributed by atoms with Crippen LogP contribution < -0.4 is 0 Å². The van der Waals surface area contributed by atoms with E-state index in [9.17, 15) is 0 Å². The van der Waals surface area contributed by atoms with Crippen LogP contribution in [0.1, 0.15) is 39.5 Å². The van der Waals surface area contributed by atoms with Crippen molar-refractivity contribution in [2.24, 2.45) is 0 Å². The van der Waals surface area contributed by atoms with Crippen LogP contribution in [0.5, 0.6) is 0 Å². The quantitative estimate of drug-likeness (QED) is 0.340. The molecule has 1 saturated heterocycles. The Morgan fingerprint density at radius 1 is 1.50 bits per heavy atom. The van der Waals surface area contributed by atoms with Gasteiger partial charge >= 0.3 is 0 Å². The van der Waals surface area contributed by atoms with Gasteiger partial charge in [0.15, 0.2) is 0 Å². The number of hydrogen-bond donors (Lipinski definition) is 0. The summed E-state index contributed by atoms with van der Waals surface area (Å²) in [5.41, 5.74) is 0. The van der Waals surface area contributed by atoms with Gasteiger partial charge in [-0.05, 0) is 13.3 Å². The predicted molar refractivity (Wildman–Crippen MR) is 58.4 cm³/mol. The van der Waals surface area contributed by atoms with Gasteiger partial charge in [0.1, 0.15) is 6.10 Å². The molecule has 0 amide bonds. The lowest BCUT2D eigenvalue weighted by atomic mass is 10.1. The zero-order valence-electron chi connectivity index (χ0n) is 9.37. The average Bonchev–Trinajstić information content (AvgIpc) is 2.94. The third-order valence-electron chi connectivity index (χ3n) is 2.65. The lowest BCUT2D eigenvalue weighted by molar-refractivity contribution is 0.0653. The summed E-state index contributed by atoms with van der Waals surface area (Å²) in [7, 11) is 0. The van der Waals surface area contributed by atoms with E-state index in [0.29, 0.717) is 18.8 Å². The molecule has 1 fully saturated rings. The molecule has 3 atom stereocenters. The van der Waals surface area contributed by atoms with Gasteiger partial charge in [0.05, 0.1) is 18.8 Å². The van der Waals surface area contributed by atoms with Crippen LogP contribution in [0.25, 0.3) is 0 Å². The molecule has 1 aliphatic heterocycles. The summed E-state index contributed by atoms with van der Waals surface area (Å²) in [5.74, 6) is 0. The first-order chi connectivity index (χ1) is 6.79. The van der Waals surface area contributed by atoms with Gasteiger partial charge in [0.2, 0.25) is 0 Å². The Balaban J connectivity index is 2.03. The molecule has 0 aromatic heterocycles. The van der Waals surface area contributed by atoms with Crippen molar-refractivity contribution in [2.45, 2.75) is 57.8 Å². The highest BCUT2D eigenvalue weighted by Crippen LogP contribution is 2.31. The Labute approximate surface area is 87.3 Å². The summed E-state index contributed by atoms with van der Waals surface area (Å²) in [6.45, 7) is 8.55. The Bertz CT molecular complexity index is 168. The molecular weight excluding hydrogens is 176 g/mol. The van der Waals surface area contributed by atoms with Crippen LogP contribution in [0, 0.1) is 0 Å². The molecule has 0 aliphatic carbocycles. The van der Waals surface area contributed by atoms with Crippen molar-refractivity contribution in [3.63, 3.8) is 0 Å². The van der Waals surface area contributed by atoms with Gasteiger partial charge in [0, 0.05) is 0 Å². The van der Waals surface area contributed by atoms with E-state index in [4.69, 9.17) is 9.47 Å². The molecule has 1 aliphatic rings. The van der Waals surface area contributed by atoms with Crippen LogP contribution in [-0.2, 0) is 9.47 Å². The van der Waals surface area contributed by atoms with Gasteiger partial charge in [0.25, 0.3) is 0 Å². The molecule has 0 saturated carbocycles. The number of unbranched alkanes of at least 4 members (excludes halogenated alkanes) is 2. The van der Waals surface area contributed by atoms with Crippen LogP contribution in [-0.4, -0.2) is 24.9 Å². The zero-order chi connectivity index (χ0) is 10.4. The van der Waals surface area contributed by atoms with Crippen LogP contribution >= 0.6 is 0 Å². The van der Waals surface area contributed by atoms with Crippen LogP contribution in [0.4, 0.5) is 0 Å². The SMILES string of the molecule is C=CCO[C@@H](C)[C@@H]1O[C@H]1CCCCC. The third kappa shape index (κ3) is 3.81. The molecular formula is C12H22O2. The highest BCUT2D eigenvalue weighted by molar-refractivity contribution is 4.89. The molecule has 0 spiro atoms. The Morgan fingerprint density at radius 3 is 2.93 bits per heavy atom. The minimum Gasteiger partial charge on any atom is -0.372 e. The van der Waals surface area contributed by atoms with E-state index in [0.717, 1.165) is 0 Å². The van der Waals surface area contributed by atoms with Gasteiger partial charge < -0.3 is 9.47 Å². The molecule has 0 unspecified atom stereocenters. The van der Waals surface area contributed by atoms with Crippen molar-refractivity contribution >= 4 is 0 Å². The molecule has 2 heteroatoms. The standard InChI is InChI=1S/C12H22O2/c1-4-6-7-8-11-12(14-11)10(3)13-9-5-2/h5,10-12H,2,4,6-9H2,1,3H3/t10-,11-,12-/m0/s1. The molecule has 1 heterocycles. The zero-order valence-corrected chi connectivity index (χ0v) is 9.37. The smallest absolute Gasteiger partial charge is 0.110 e. The van der Waals surface area contributed by atoms with Crippen molar-refractivity contribution in [3.05, 3.63) is 12.7 Å². The minimum absolute atomic E-state index is 0.222. The fraction of sp³-hybridized carbons (Fsp3) is 0.833. The average molecular weight is 198 g/mol. The van der Waals surface area contributed by atoms with E-state index >= 15 is 0 Å². The second-order valence-corrected chi connectivity index (χ2v) is 3.96. The molecule has 14 heavy (non-hydrogen) atoms. The fourth-order valence-electron chi connectivity index (χ4n) is 1.71. The van der Waals surface area contributed by atoms with E-state index in [2.05, 4.69) is 20.4 Å². The molecule has 0 N–H and O–H groups in total. The second-order valence-electron chi connectivity index (χ2n) is 3.96. The van der Waals surface area contributed by atoms with Crippen molar-refractivity contribution in [1.82, 2.24) is 0 Å². The highest BCUT2D eigenvalue weighted by Gasteiger charge is 2.42. The Kier molecular flexibility index (Phi) is 5.20. The first kappa shape index (κ1) is 11.7. The van der Waals surface area contributed by atoms with Gasteiger partial charge in [-0.2, -0.15) is 0 Å². The lowest BCUT2D eigenvalue weighted by Gasteiger charge is -2.07. The first-order valence-corrected chi connectivity index (χ1v) is 5.67. The maximum absolute atomic E-state index is 5.56. The van der Waals surface area contributed by atoms with Crippen molar-refractivity contribution < 1.29 is 9.47 Å². The minimum atomic E-state index is 0.222. The molecule has 0 bridgehead atoms. The highest BCUT2D eigenvalue weighted by atomic mass is 16.6. The van der Waals surface area contributed by atoms with Crippen molar-refractivity contribution in [3.8, 4) is 0 Å². The molecule has 0 aromatic rings. The number of ether oxygens (including phenoxy) is 2. The summed E-state index contributed by atoms with van der Waals surface area (Å²) >= 11 is 0. The van der Waals surface area contributed by atoms with Crippen LogP contribution in [0.15, 0.2) is 12.7 Å². The normalized spacial score (nSPS) is 27.3. The van der Waals surface area contributed by atoms with E-state index < -0.39 is 0 Å². The summed E-state index contributed by atoms with van der Waals surface area (Å²) in [6.07, 6.45) is 7.87. The number of hydrogen-bond acceptors (Lipinski definition) is 2. The summed E-state index contributed by atoms with van der Waals surface area (Å²) in [6, 6.07) is 0. The maximum atomic E-state index is 5.56. The Morgan fingerprint density at radius 2 is 2.29 bits per heavy atom. The predicted octanol–water partition coefficient (Wildman–Crippen LogP) is 2.93. The lowest BCUT2D eigenvalue weighted by Crippen LogP contribution is -2.17. The summed E-state index contributed by atoms with van der Waals surface area (Å²) in [5, 5.41) is 0. The molecule has 2 nitrogen and oxygen atoms in total. The maximum Gasteiger partial charge on any atom is 0.110 e. The largest absolute Gasteiger partial charge is 0.372 e.